The standard InChI is InChI=1S/C25H30N8O2/c26-21-5-4-18(16-27-21)30-12-7-25(8-13-30)9-14-31(15-10-25)23-3-1-2-19-20(17-28-33(19)23)32-11-6-22(34)29-24(32)35/h1-5,16-17H,6-15H2,(H2,26,27)(H,29,34,35). The number of hydrogen-bond acceptors (Lipinski definition) is 7. The van der Waals surface area contributed by atoms with Gasteiger partial charge in [0.05, 0.1) is 29.3 Å². The Morgan fingerprint density at radius 1 is 0.886 bits per heavy atom. The highest BCUT2D eigenvalue weighted by atomic mass is 16.2. The maximum absolute atomic E-state index is 12.4. The van der Waals surface area contributed by atoms with Crippen LogP contribution in [0.25, 0.3) is 5.52 Å². The summed E-state index contributed by atoms with van der Waals surface area (Å²) in [5.74, 6) is 1.37. The Hall–Kier alpha value is -3.82. The molecule has 182 valence electrons. The lowest BCUT2D eigenvalue weighted by Gasteiger charge is -2.47. The van der Waals surface area contributed by atoms with Crippen molar-refractivity contribution in [2.45, 2.75) is 32.1 Å². The Kier molecular flexibility index (Phi) is 5.23. The van der Waals surface area contributed by atoms with Gasteiger partial charge in [0.25, 0.3) is 0 Å². The maximum atomic E-state index is 12.4. The number of hydrogen-bond donors (Lipinski definition) is 2. The van der Waals surface area contributed by atoms with E-state index in [1.54, 1.807) is 11.1 Å². The van der Waals surface area contributed by atoms with Crippen molar-refractivity contribution in [2.75, 3.05) is 53.2 Å². The molecule has 0 unspecified atom stereocenters. The first-order chi connectivity index (χ1) is 17.0. The Bertz CT molecular complexity index is 1250. The van der Waals surface area contributed by atoms with Crippen LogP contribution in [-0.2, 0) is 4.79 Å². The fourth-order valence-corrected chi connectivity index (χ4v) is 5.76. The van der Waals surface area contributed by atoms with Crippen molar-refractivity contribution in [1.29, 1.82) is 0 Å². The van der Waals surface area contributed by atoms with Gasteiger partial charge in [0, 0.05) is 39.1 Å². The van der Waals surface area contributed by atoms with Gasteiger partial charge in [0.2, 0.25) is 5.91 Å². The second kappa shape index (κ2) is 8.44. The number of anilines is 4. The number of carbonyl (C=O) groups is 2. The molecule has 0 aliphatic carbocycles. The number of rotatable bonds is 3. The van der Waals surface area contributed by atoms with Gasteiger partial charge in [0.1, 0.15) is 11.6 Å². The molecular formula is C25H30N8O2. The van der Waals surface area contributed by atoms with Gasteiger partial charge in [-0.25, -0.2) is 14.3 Å². The van der Waals surface area contributed by atoms with Crippen molar-refractivity contribution in [3.8, 4) is 0 Å². The number of piperidine rings is 2. The van der Waals surface area contributed by atoms with E-state index >= 15 is 0 Å². The van der Waals surface area contributed by atoms with Crippen LogP contribution in [0.4, 0.5) is 27.8 Å². The van der Waals surface area contributed by atoms with Crippen LogP contribution in [0.5, 0.6) is 0 Å². The molecule has 0 radical (unpaired) electrons. The van der Waals surface area contributed by atoms with Crippen LogP contribution in [-0.4, -0.2) is 59.3 Å². The number of urea groups is 1. The van der Waals surface area contributed by atoms with E-state index in [0.717, 1.165) is 61.7 Å². The highest BCUT2D eigenvalue weighted by molar-refractivity contribution is 6.07. The van der Waals surface area contributed by atoms with E-state index < -0.39 is 0 Å². The number of nitrogens with zero attached hydrogens (tertiary/aromatic N) is 6. The van der Waals surface area contributed by atoms with Crippen molar-refractivity contribution >= 4 is 40.5 Å². The lowest BCUT2D eigenvalue weighted by atomic mass is 9.71. The van der Waals surface area contributed by atoms with Crippen molar-refractivity contribution in [2.24, 2.45) is 5.41 Å². The number of carbonyl (C=O) groups excluding carboxylic acids is 2. The van der Waals surface area contributed by atoms with Gasteiger partial charge in [-0.05, 0) is 55.4 Å². The summed E-state index contributed by atoms with van der Waals surface area (Å²) in [5, 5.41) is 7.02. The minimum atomic E-state index is -0.387. The van der Waals surface area contributed by atoms with Crippen LogP contribution in [0.3, 0.4) is 0 Å². The molecule has 0 bridgehead atoms. The zero-order valence-corrected chi connectivity index (χ0v) is 19.7. The molecule has 3 saturated heterocycles. The molecular weight excluding hydrogens is 444 g/mol. The molecule has 3 amide bonds. The number of aromatic nitrogens is 3. The molecule has 3 aromatic heterocycles. The van der Waals surface area contributed by atoms with E-state index in [4.69, 9.17) is 5.73 Å². The molecule has 0 saturated carbocycles. The Labute approximate surface area is 203 Å². The van der Waals surface area contributed by atoms with Gasteiger partial charge in [0.15, 0.2) is 0 Å². The molecule has 0 atom stereocenters. The number of nitrogens with two attached hydrogens (primary N) is 1. The number of amides is 3. The summed E-state index contributed by atoms with van der Waals surface area (Å²) in [6.07, 6.45) is 8.57. The number of pyridine rings is 2. The van der Waals surface area contributed by atoms with Crippen LogP contribution in [0.2, 0.25) is 0 Å². The molecule has 3 N–H and O–H groups in total. The number of nitrogen functional groups attached to an aromatic ring is 1. The smallest absolute Gasteiger partial charge is 0.328 e. The van der Waals surface area contributed by atoms with Gasteiger partial charge in [-0.3, -0.25) is 15.0 Å². The topological polar surface area (TPSA) is 112 Å². The first-order valence-corrected chi connectivity index (χ1v) is 12.3. The molecule has 3 aliphatic heterocycles. The summed E-state index contributed by atoms with van der Waals surface area (Å²) < 4.78 is 1.92. The highest BCUT2D eigenvalue weighted by Crippen LogP contribution is 2.43. The van der Waals surface area contributed by atoms with Crippen LogP contribution in [0.15, 0.2) is 42.7 Å². The zero-order valence-electron chi connectivity index (χ0n) is 19.7. The third-order valence-electron chi connectivity index (χ3n) is 7.96. The maximum Gasteiger partial charge on any atom is 0.328 e. The lowest BCUT2D eigenvalue weighted by Crippen LogP contribution is -2.49. The molecule has 3 aromatic rings. The zero-order chi connectivity index (χ0) is 24.0. The number of nitrogens with one attached hydrogen (secondary N) is 1. The monoisotopic (exact) mass is 474 g/mol. The average Bonchev–Trinajstić information content (AvgIpc) is 3.30. The molecule has 35 heavy (non-hydrogen) atoms. The van der Waals surface area contributed by atoms with Gasteiger partial charge >= 0.3 is 6.03 Å². The van der Waals surface area contributed by atoms with E-state index in [0.29, 0.717) is 24.2 Å². The van der Waals surface area contributed by atoms with Crippen molar-refractivity contribution in [1.82, 2.24) is 19.9 Å². The van der Waals surface area contributed by atoms with E-state index in [9.17, 15) is 9.59 Å². The van der Waals surface area contributed by atoms with Crippen molar-refractivity contribution < 1.29 is 9.59 Å². The minimum Gasteiger partial charge on any atom is -0.384 e. The van der Waals surface area contributed by atoms with E-state index in [-0.39, 0.29) is 11.9 Å². The summed E-state index contributed by atoms with van der Waals surface area (Å²) in [6.45, 7) is 4.42. The molecule has 1 spiro atoms. The summed E-state index contributed by atoms with van der Waals surface area (Å²) >= 11 is 0. The van der Waals surface area contributed by atoms with Crippen LogP contribution in [0, 0.1) is 5.41 Å². The minimum absolute atomic E-state index is 0.235. The summed E-state index contributed by atoms with van der Waals surface area (Å²) in [4.78, 5) is 34.6. The fraction of sp³-hybridized carbons (Fsp3) is 0.440. The van der Waals surface area contributed by atoms with Crippen LogP contribution < -0.4 is 25.8 Å². The number of fused-ring (bicyclic) bond motifs is 1. The molecule has 3 aliphatic rings. The third kappa shape index (κ3) is 3.92. The Morgan fingerprint density at radius 2 is 1.63 bits per heavy atom. The quantitative estimate of drug-likeness (QED) is 0.600. The van der Waals surface area contributed by atoms with Crippen molar-refractivity contribution in [3.63, 3.8) is 0 Å². The Balaban J connectivity index is 1.14. The predicted molar refractivity (Wildman–Crippen MR) is 135 cm³/mol. The van der Waals surface area contributed by atoms with Gasteiger partial charge < -0.3 is 15.5 Å². The van der Waals surface area contributed by atoms with Gasteiger partial charge in [-0.15, -0.1) is 0 Å². The first-order valence-electron chi connectivity index (χ1n) is 12.3. The number of imide groups is 1. The molecule has 10 nitrogen and oxygen atoms in total. The van der Waals surface area contributed by atoms with Crippen LogP contribution >= 0.6 is 0 Å². The molecule has 0 aromatic carbocycles. The SMILES string of the molecule is Nc1ccc(N2CCC3(CC2)CCN(c2cccc4c(N5CCC(=O)NC5=O)cnn24)CC3)cn1. The third-order valence-corrected chi connectivity index (χ3v) is 7.96. The first kappa shape index (κ1) is 21.7. The average molecular weight is 475 g/mol. The van der Waals surface area contributed by atoms with E-state index in [2.05, 4.69) is 37.3 Å². The van der Waals surface area contributed by atoms with E-state index in [1.165, 1.54) is 12.8 Å². The molecule has 6 heterocycles. The second-order valence-corrected chi connectivity index (χ2v) is 9.88. The highest BCUT2D eigenvalue weighted by Gasteiger charge is 2.38. The predicted octanol–water partition coefficient (Wildman–Crippen LogP) is 2.64. The van der Waals surface area contributed by atoms with Gasteiger partial charge in [-0.1, -0.05) is 6.07 Å². The summed E-state index contributed by atoms with van der Waals surface area (Å²) in [5.41, 5.74) is 8.88. The summed E-state index contributed by atoms with van der Waals surface area (Å²) in [7, 11) is 0. The molecule has 6 rings (SSSR count). The lowest BCUT2D eigenvalue weighted by molar-refractivity contribution is -0.120. The van der Waals surface area contributed by atoms with Crippen LogP contribution in [0.1, 0.15) is 32.1 Å². The van der Waals surface area contributed by atoms with Gasteiger partial charge in [-0.2, -0.15) is 5.10 Å². The fourth-order valence-electron chi connectivity index (χ4n) is 5.76. The second-order valence-electron chi connectivity index (χ2n) is 9.88. The Morgan fingerprint density at radius 3 is 2.31 bits per heavy atom. The molecule has 10 heteroatoms. The van der Waals surface area contributed by atoms with Crippen molar-refractivity contribution in [3.05, 3.63) is 42.7 Å². The normalized spacial score (nSPS) is 20.5. The summed E-state index contributed by atoms with van der Waals surface area (Å²) in [6, 6.07) is 9.64. The van der Waals surface area contributed by atoms with E-state index in [1.807, 2.05) is 28.9 Å². The molecule has 3 fully saturated rings. The largest absolute Gasteiger partial charge is 0.384 e.